The average Bonchev–Trinajstić information content (AvgIpc) is 2.76. The molecule has 32 heavy (non-hydrogen) atoms. The van der Waals surface area contributed by atoms with E-state index in [1.165, 1.54) is 24.3 Å². The van der Waals surface area contributed by atoms with Gasteiger partial charge in [0, 0.05) is 24.7 Å². The molecule has 0 aliphatic heterocycles. The summed E-state index contributed by atoms with van der Waals surface area (Å²) in [4.78, 5) is 14.9. The fraction of sp³-hybridized carbons (Fsp3) is 0.476. The van der Waals surface area contributed by atoms with Gasteiger partial charge in [-0.05, 0) is 50.1 Å². The van der Waals surface area contributed by atoms with Crippen molar-refractivity contribution in [2.45, 2.75) is 38.6 Å². The van der Waals surface area contributed by atoms with Gasteiger partial charge in [-0.2, -0.15) is 0 Å². The van der Waals surface area contributed by atoms with Crippen LogP contribution in [0, 0.1) is 22.0 Å². The summed E-state index contributed by atoms with van der Waals surface area (Å²) in [5, 5.41) is 17.5. The van der Waals surface area contributed by atoms with Crippen LogP contribution in [0.5, 0.6) is 5.75 Å². The fourth-order valence-corrected chi connectivity index (χ4v) is 3.82. The van der Waals surface area contributed by atoms with E-state index >= 15 is 0 Å². The van der Waals surface area contributed by atoms with E-state index in [0.717, 1.165) is 31.9 Å². The normalized spacial score (nSPS) is 18.8. The van der Waals surface area contributed by atoms with Gasteiger partial charge in [0.1, 0.15) is 23.5 Å². The maximum absolute atomic E-state index is 12.6. The Hall–Kier alpha value is -3.08. The van der Waals surface area contributed by atoms with Gasteiger partial charge in [-0.15, -0.1) is 13.2 Å². The predicted octanol–water partition coefficient (Wildman–Crippen LogP) is 4.68. The molecule has 0 amide bonds. The molecule has 0 unspecified atom stereocenters. The Morgan fingerprint density at radius 1 is 1.16 bits per heavy atom. The van der Waals surface area contributed by atoms with Crippen LogP contribution < -0.4 is 21.1 Å². The Morgan fingerprint density at radius 2 is 1.84 bits per heavy atom. The van der Waals surface area contributed by atoms with Crippen molar-refractivity contribution in [1.29, 1.82) is 0 Å². The number of anilines is 2. The number of ether oxygens (including phenoxy) is 1. The molecule has 3 rings (SSSR count). The average molecular weight is 453 g/mol. The monoisotopic (exact) mass is 453 g/mol. The molecular formula is C21H26F3N5O3. The summed E-state index contributed by atoms with van der Waals surface area (Å²) in [7, 11) is 0. The fourth-order valence-electron chi connectivity index (χ4n) is 3.82. The van der Waals surface area contributed by atoms with E-state index in [1.54, 1.807) is 6.07 Å². The summed E-state index contributed by atoms with van der Waals surface area (Å²) in [5.74, 6) is 0.919. The number of pyridine rings is 1. The van der Waals surface area contributed by atoms with Crippen molar-refractivity contribution in [3.63, 3.8) is 0 Å². The molecule has 0 atom stereocenters. The van der Waals surface area contributed by atoms with Crippen molar-refractivity contribution >= 4 is 17.2 Å². The van der Waals surface area contributed by atoms with E-state index in [4.69, 9.17) is 5.73 Å². The molecule has 2 aromatic rings. The van der Waals surface area contributed by atoms with Gasteiger partial charge < -0.3 is 21.1 Å². The number of nitrogens with zero attached hydrogens (tertiary/aromatic N) is 2. The molecular weight excluding hydrogens is 427 g/mol. The summed E-state index contributed by atoms with van der Waals surface area (Å²) in [6.45, 7) is 1.27. The lowest BCUT2D eigenvalue weighted by Gasteiger charge is -2.27. The van der Waals surface area contributed by atoms with Gasteiger partial charge in [-0.25, -0.2) is 4.98 Å². The zero-order valence-corrected chi connectivity index (χ0v) is 17.4. The molecule has 1 aliphatic carbocycles. The van der Waals surface area contributed by atoms with Crippen molar-refractivity contribution in [1.82, 2.24) is 4.98 Å². The van der Waals surface area contributed by atoms with E-state index < -0.39 is 11.3 Å². The number of nitro groups is 1. The van der Waals surface area contributed by atoms with E-state index in [-0.39, 0.29) is 23.5 Å². The predicted molar refractivity (Wildman–Crippen MR) is 114 cm³/mol. The Morgan fingerprint density at radius 3 is 2.50 bits per heavy atom. The van der Waals surface area contributed by atoms with Gasteiger partial charge in [0.25, 0.3) is 0 Å². The highest BCUT2D eigenvalue weighted by Gasteiger charge is 2.32. The Kier molecular flexibility index (Phi) is 7.73. The molecule has 174 valence electrons. The van der Waals surface area contributed by atoms with Gasteiger partial charge in [0.15, 0.2) is 0 Å². The summed E-state index contributed by atoms with van der Waals surface area (Å²) < 4.78 is 41.9. The second-order valence-corrected chi connectivity index (χ2v) is 7.86. The zero-order chi connectivity index (χ0) is 23.1. The Bertz CT molecular complexity index is 918. The largest absolute Gasteiger partial charge is 0.573 e. The van der Waals surface area contributed by atoms with Crippen LogP contribution in [0.4, 0.5) is 30.4 Å². The summed E-state index contributed by atoms with van der Waals surface area (Å²) >= 11 is 0. The number of hydrogen-bond acceptors (Lipinski definition) is 7. The maximum Gasteiger partial charge on any atom is 0.573 e. The van der Waals surface area contributed by atoms with Crippen LogP contribution in [0.2, 0.25) is 0 Å². The molecule has 1 aromatic carbocycles. The number of hydrogen-bond donors (Lipinski definition) is 3. The lowest BCUT2D eigenvalue weighted by Crippen LogP contribution is -2.25. The highest BCUT2D eigenvalue weighted by Crippen LogP contribution is 2.31. The lowest BCUT2D eigenvalue weighted by atomic mass is 9.82. The summed E-state index contributed by atoms with van der Waals surface area (Å²) in [5.41, 5.74) is 6.15. The van der Waals surface area contributed by atoms with Crippen molar-refractivity contribution in [3.8, 4) is 5.75 Å². The minimum Gasteiger partial charge on any atom is -0.405 e. The zero-order valence-electron chi connectivity index (χ0n) is 17.4. The Balaban J connectivity index is 1.66. The summed E-state index contributed by atoms with van der Waals surface area (Å²) in [6.07, 6.45) is 0.445. The maximum atomic E-state index is 12.6. The molecule has 0 radical (unpaired) electrons. The quantitative estimate of drug-likeness (QED) is 0.373. The number of para-hydroxylation sites is 1. The first kappa shape index (κ1) is 23.6. The van der Waals surface area contributed by atoms with Crippen molar-refractivity contribution in [3.05, 3.63) is 52.2 Å². The van der Waals surface area contributed by atoms with Crippen molar-refractivity contribution in [2.75, 3.05) is 23.7 Å². The number of aromatic nitrogens is 1. The van der Waals surface area contributed by atoms with Gasteiger partial charge in [0.05, 0.1) is 4.92 Å². The van der Waals surface area contributed by atoms with Crippen molar-refractivity contribution < 1.29 is 22.8 Å². The van der Waals surface area contributed by atoms with Crippen LogP contribution in [0.1, 0.15) is 31.2 Å². The third kappa shape index (κ3) is 6.71. The minimum absolute atomic E-state index is 0.000390. The van der Waals surface area contributed by atoms with Crippen LogP contribution in [0.3, 0.4) is 0 Å². The van der Waals surface area contributed by atoms with Gasteiger partial charge in [-0.3, -0.25) is 10.1 Å². The number of halogens is 3. The van der Waals surface area contributed by atoms with E-state index in [9.17, 15) is 23.3 Å². The van der Waals surface area contributed by atoms with E-state index in [1.807, 2.05) is 0 Å². The second kappa shape index (κ2) is 10.5. The number of rotatable bonds is 9. The highest BCUT2D eigenvalue weighted by atomic mass is 19.4. The van der Waals surface area contributed by atoms with Crippen LogP contribution in [0.25, 0.3) is 0 Å². The molecule has 1 heterocycles. The van der Waals surface area contributed by atoms with Gasteiger partial charge in [0.2, 0.25) is 0 Å². The number of nitrogens with one attached hydrogen (secondary N) is 2. The number of nitrogens with two attached hydrogens (primary N) is 1. The first-order valence-corrected chi connectivity index (χ1v) is 10.4. The molecule has 1 saturated carbocycles. The SMILES string of the molecule is NC[C@H]1CC[C@H](CNc2cc(NCc3ccccc3OC(F)(F)F)ncc2[N+](=O)[O-])CC1. The highest BCUT2D eigenvalue weighted by molar-refractivity contribution is 5.65. The van der Waals surface area contributed by atoms with Gasteiger partial charge >= 0.3 is 12.0 Å². The third-order valence-corrected chi connectivity index (χ3v) is 5.62. The standard InChI is InChI=1S/C21H26F3N5O3/c22-21(23,24)32-19-4-2-1-3-16(19)12-27-20-9-17(18(13-28-20)29(30)31)26-11-15-7-5-14(10-25)6-8-15/h1-4,9,13-15H,5-8,10-12,25H2,(H2,26,27,28)/t14-,15-. The van der Waals surface area contributed by atoms with E-state index in [2.05, 4.69) is 20.4 Å². The first-order valence-electron chi connectivity index (χ1n) is 10.4. The first-order chi connectivity index (χ1) is 15.2. The lowest BCUT2D eigenvalue weighted by molar-refractivity contribution is -0.384. The molecule has 8 nitrogen and oxygen atoms in total. The smallest absolute Gasteiger partial charge is 0.405 e. The molecule has 11 heteroatoms. The molecule has 4 N–H and O–H groups in total. The minimum atomic E-state index is -4.80. The number of alkyl halides is 3. The van der Waals surface area contributed by atoms with E-state index in [0.29, 0.717) is 36.4 Å². The molecule has 1 aromatic heterocycles. The number of benzene rings is 1. The topological polar surface area (TPSA) is 115 Å². The molecule has 0 spiro atoms. The molecule has 1 fully saturated rings. The van der Waals surface area contributed by atoms with Gasteiger partial charge in [-0.1, -0.05) is 18.2 Å². The van der Waals surface area contributed by atoms with Crippen LogP contribution >= 0.6 is 0 Å². The summed E-state index contributed by atoms with van der Waals surface area (Å²) in [6, 6.07) is 7.25. The molecule has 1 aliphatic rings. The van der Waals surface area contributed by atoms with Crippen LogP contribution in [0.15, 0.2) is 36.5 Å². The van der Waals surface area contributed by atoms with Crippen LogP contribution in [-0.4, -0.2) is 29.4 Å². The third-order valence-electron chi connectivity index (χ3n) is 5.62. The second-order valence-electron chi connectivity index (χ2n) is 7.86. The molecule has 0 saturated heterocycles. The molecule has 0 bridgehead atoms. The van der Waals surface area contributed by atoms with Crippen LogP contribution in [-0.2, 0) is 6.54 Å². The Labute approximate surface area is 183 Å². The van der Waals surface area contributed by atoms with Crippen molar-refractivity contribution in [2.24, 2.45) is 17.6 Å².